The zero-order chi connectivity index (χ0) is 14.8. The molecule has 0 aliphatic carbocycles. The number of anilines is 1. The second-order valence-corrected chi connectivity index (χ2v) is 7.22. The Morgan fingerprint density at radius 3 is 2.25 bits per heavy atom. The summed E-state index contributed by atoms with van der Waals surface area (Å²) >= 11 is 0. The lowest BCUT2D eigenvalue weighted by atomic mass is 10.1. The Bertz CT molecular complexity index is 486. The molecule has 0 unspecified atom stereocenters. The number of unbranched alkanes of at least 4 members (excludes halogenated alkanes) is 7. The summed E-state index contributed by atoms with van der Waals surface area (Å²) < 4.78 is 24.2. The van der Waals surface area contributed by atoms with E-state index in [2.05, 4.69) is 11.9 Å². The summed E-state index contributed by atoms with van der Waals surface area (Å²) in [6, 6.07) is 3.22. The Labute approximate surface area is 122 Å². The summed E-state index contributed by atoms with van der Waals surface area (Å²) in [5, 5.41) is 0.0305. The Morgan fingerprint density at radius 1 is 1.05 bits per heavy atom. The monoisotopic (exact) mass is 298 g/mol. The van der Waals surface area contributed by atoms with Gasteiger partial charge in [-0.15, -0.1) is 0 Å². The van der Waals surface area contributed by atoms with Crippen molar-refractivity contribution in [2.75, 3.05) is 11.5 Å². The first-order valence-corrected chi connectivity index (χ1v) is 9.16. The van der Waals surface area contributed by atoms with Crippen LogP contribution < -0.4 is 5.73 Å². The molecule has 1 rings (SSSR count). The highest BCUT2D eigenvalue weighted by Crippen LogP contribution is 2.17. The molecule has 0 amide bonds. The van der Waals surface area contributed by atoms with Crippen molar-refractivity contribution in [3.05, 3.63) is 18.3 Å². The molecule has 2 N–H and O–H groups in total. The van der Waals surface area contributed by atoms with E-state index >= 15 is 0 Å². The van der Waals surface area contributed by atoms with E-state index in [1.54, 1.807) is 12.1 Å². The van der Waals surface area contributed by atoms with E-state index < -0.39 is 9.84 Å². The number of hydrogen-bond donors (Lipinski definition) is 1. The minimum Gasteiger partial charge on any atom is -0.396 e. The van der Waals surface area contributed by atoms with Crippen LogP contribution in [0.5, 0.6) is 0 Å². The maximum atomic E-state index is 12.1. The molecule has 5 heteroatoms. The summed E-state index contributed by atoms with van der Waals surface area (Å²) in [6.07, 6.45) is 10.5. The van der Waals surface area contributed by atoms with Crippen molar-refractivity contribution in [1.82, 2.24) is 4.98 Å². The molecule has 0 aliphatic rings. The van der Waals surface area contributed by atoms with Gasteiger partial charge in [-0.1, -0.05) is 51.9 Å². The van der Waals surface area contributed by atoms with Gasteiger partial charge in [0.2, 0.25) is 0 Å². The van der Waals surface area contributed by atoms with Gasteiger partial charge < -0.3 is 5.73 Å². The first kappa shape index (κ1) is 17.0. The number of aromatic nitrogens is 1. The van der Waals surface area contributed by atoms with Crippen molar-refractivity contribution in [1.29, 1.82) is 0 Å². The van der Waals surface area contributed by atoms with Gasteiger partial charge >= 0.3 is 0 Å². The first-order valence-electron chi connectivity index (χ1n) is 7.51. The summed E-state index contributed by atoms with van der Waals surface area (Å²) in [6.45, 7) is 2.20. The molecule has 0 spiro atoms. The van der Waals surface area contributed by atoms with Crippen LogP contribution in [0.3, 0.4) is 0 Å². The highest BCUT2D eigenvalue weighted by atomic mass is 32.2. The molecule has 0 aliphatic heterocycles. The number of hydrogen-bond acceptors (Lipinski definition) is 4. The van der Waals surface area contributed by atoms with Crippen molar-refractivity contribution in [2.24, 2.45) is 0 Å². The Kier molecular flexibility index (Phi) is 7.59. The van der Waals surface area contributed by atoms with Gasteiger partial charge in [0.05, 0.1) is 11.4 Å². The number of pyridine rings is 1. The van der Waals surface area contributed by atoms with Gasteiger partial charge in [0, 0.05) is 6.20 Å². The van der Waals surface area contributed by atoms with E-state index in [0.29, 0.717) is 6.42 Å². The van der Waals surface area contributed by atoms with Gasteiger partial charge in [-0.05, 0) is 18.6 Å². The SMILES string of the molecule is CCCCCCCCCCS(=O)(=O)c1ncccc1N. The minimum absolute atomic E-state index is 0.0305. The van der Waals surface area contributed by atoms with E-state index in [0.717, 1.165) is 12.8 Å². The third kappa shape index (κ3) is 5.90. The fourth-order valence-electron chi connectivity index (χ4n) is 2.19. The van der Waals surface area contributed by atoms with Gasteiger partial charge in [0.25, 0.3) is 0 Å². The van der Waals surface area contributed by atoms with Crippen molar-refractivity contribution in [3.8, 4) is 0 Å². The van der Waals surface area contributed by atoms with Crippen molar-refractivity contribution in [2.45, 2.75) is 63.3 Å². The quantitative estimate of drug-likeness (QED) is 0.670. The lowest BCUT2D eigenvalue weighted by Gasteiger charge is -2.06. The second kappa shape index (κ2) is 8.95. The number of nitrogens with two attached hydrogens (primary N) is 1. The molecule has 4 nitrogen and oxygen atoms in total. The molecule has 0 saturated heterocycles. The molecule has 114 valence electrons. The molecule has 1 heterocycles. The molecule has 1 aromatic rings. The van der Waals surface area contributed by atoms with Crippen LogP contribution in [0.25, 0.3) is 0 Å². The summed E-state index contributed by atoms with van der Waals surface area (Å²) in [5.41, 5.74) is 5.91. The zero-order valence-corrected chi connectivity index (χ0v) is 13.2. The average Bonchev–Trinajstić information content (AvgIpc) is 2.42. The molecule has 0 bridgehead atoms. The predicted octanol–water partition coefficient (Wildman–Crippen LogP) is 3.58. The van der Waals surface area contributed by atoms with Crippen molar-refractivity contribution < 1.29 is 8.42 Å². The number of nitrogen functional groups attached to an aromatic ring is 1. The van der Waals surface area contributed by atoms with Crippen LogP contribution in [-0.2, 0) is 9.84 Å². The third-order valence-corrected chi connectivity index (χ3v) is 5.12. The molecule has 0 fully saturated rings. The van der Waals surface area contributed by atoms with Crippen LogP contribution in [0, 0.1) is 0 Å². The largest absolute Gasteiger partial charge is 0.396 e. The Morgan fingerprint density at radius 2 is 1.65 bits per heavy atom. The fourth-order valence-corrected chi connectivity index (χ4v) is 3.61. The highest BCUT2D eigenvalue weighted by molar-refractivity contribution is 7.91. The van der Waals surface area contributed by atoms with Crippen LogP contribution in [-0.4, -0.2) is 19.2 Å². The first-order chi connectivity index (χ1) is 9.58. The lowest BCUT2D eigenvalue weighted by molar-refractivity contribution is 0.571. The van der Waals surface area contributed by atoms with Crippen LogP contribution in [0.2, 0.25) is 0 Å². The Balaban J connectivity index is 2.26. The fraction of sp³-hybridized carbons (Fsp3) is 0.667. The van der Waals surface area contributed by atoms with E-state index in [4.69, 9.17) is 5.73 Å². The summed E-state index contributed by atoms with van der Waals surface area (Å²) in [5.74, 6) is 0.142. The van der Waals surface area contributed by atoms with Gasteiger partial charge in [-0.25, -0.2) is 13.4 Å². The van der Waals surface area contributed by atoms with Crippen molar-refractivity contribution >= 4 is 15.5 Å². The average molecular weight is 298 g/mol. The van der Waals surface area contributed by atoms with E-state index in [1.165, 1.54) is 38.3 Å². The minimum atomic E-state index is -3.33. The van der Waals surface area contributed by atoms with Gasteiger partial charge in [-0.2, -0.15) is 0 Å². The molecule has 0 saturated carbocycles. The second-order valence-electron chi connectivity index (χ2n) is 5.19. The van der Waals surface area contributed by atoms with E-state index in [9.17, 15) is 8.42 Å². The van der Waals surface area contributed by atoms with Crippen LogP contribution in [0.15, 0.2) is 23.4 Å². The van der Waals surface area contributed by atoms with Crippen LogP contribution in [0.1, 0.15) is 58.3 Å². The molecular weight excluding hydrogens is 272 g/mol. The van der Waals surface area contributed by atoms with E-state index in [1.807, 2.05) is 0 Å². The van der Waals surface area contributed by atoms with Crippen LogP contribution in [0.4, 0.5) is 5.69 Å². The zero-order valence-electron chi connectivity index (χ0n) is 12.3. The number of sulfone groups is 1. The molecule has 0 radical (unpaired) electrons. The standard InChI is InChI=1S/C15H26N2O2S/c1-2-3-4-5-6-7-8-9-13-20(18,19)15-14(16)11-10-12-17-15/h10-12H,2-9,13,16H2,1H3. The highest BCUT2D eigenvalue weighted by Gasteiger charge is 2.18. The maximum absolute atomic E-state index is 12.1. The van der Waals surface area contributed by atoms with Gasteiger partial charge in [-0.3, -0.25) is 0 Å². The number of rotatable bonds is 10. The Hall–Kier alpha value is -1.10. The molecule has 1 aromatic heterocycles. The maximum Gasteiger partial charge on any atom is 0.197 e. The van der Waals surface area contributed by atoms with Crippen molar-refractivity contribution in [3.63, 3.8) is 0 Å². The smallest absolute Gasteiger partial charge is 0.197 e. The molecule has 20 heavy (non-hydrogen) atoms. The molecule has 0 aromatic carbocycles. The summed E-state index contributed by atoms with van der Waals surface area (Å²) in [7, 11) is -3.33. The van der Waals surface area contributed by atoms with E-state index in [-0.39, 0.29) is 16.5 Å². The predicted molar refractivity (Wildman–Crippen MR) is 83.3 cm³/mol. The molecular formula is C15H26N2O2S. The van der Waals surface area contributed by atoms with Gasteiger partial charge in [0.15, 0.2) is 14.9 Å². The summed E-state index contributed by atoms with van der Waals surface area (Å²) in [4.78, 5) is 3.89. The van der Waals surface area contributed by atoms with Gasteiger partial charge in [0.1, 0.15) is 0 Å². The normalized spacial score (nSPS) is 11.7. The number of nitrogens with zero attached hydrogens (tertiary/aromatic N) is 1. The van der Waals surface area contributed by atoms with Crippen LogP contribution >= 0.6 is 0 Å². The molecule has 0 atom stereocenters. The lowest BCUT2D eigenvalue weighted by Crippen LogP contribution is -2.11. The topological polar surface area (TPSA) is 73.0 Å². The third-order valence-electron chi connectivity index (χ3n) is 3.36.